The van der Waals surface area contributed by atoms with E-state index in [0.717, 1.165) is 30.2 Å². The van der Waals surface area contributed by atoms with Crippen molar-refractivity contribution in [2.24, 2.45) is 0 Å². The van der Waals surface area contributed by atoms with Crippen molar-refractivity contribution in [3.8, 4) is 0 Å². The number of amides is 2. The maximum atomic E-state index is 12.2. The Kier molecular flexibility index (Phi) is 6.14. The van der Waals surface area contributed by atoms with E-state index in [2.05, 4.69) is 46.3 Å². The summed E-state index contributed by atoms with van der Waals surface area (Å²) < 4.78 is 5.38. The Labute approximate surface area is 166 Å². The molecule has 0 atom stereocenters. The summed E-state index contributed by atoms with van der Waals surface area (Å²) >= 11 is 0. The smallest absolute Gasteiger partial charge is 0.319 e. The molecule has 1 aliphatic rings. The molecule has 0 saturated carbocycles. The molecule has 150 valence electrons. The number of benzene rings is 1. The zero-order chi connectivity index (χ0) is 20.1. The van der Waals surface area contributed by atoms with Crippen LogP contribution < -0.4 is 15.5 Å². The van der Waals surface area contributed by atoms with Gasteiger partial charge in [0.2, 0.25) is 5.95 Å². The van der Waals surface area contributed by atoms with Crippen molar-refractivity contribution >= 4 is 17.7 Å². The van der Waals surface area contributed by atoms with Crippen LogP contribution in [0.3, 0.4) is 0 Å². The molecule has 1 aliphatic heterocycles. The molecule has 0 aliphatic carbocycles. The molecule has 7 nitrogen and oxygen atoms in total. The highest BCUT2D eigenvalue weighted by molar-refractivity contribution is 5.89. The van der Waals surface area contributed by atoms with Gasteiger partial charge in [-0.2, -0.15) is 0 Å². The SMILES string of the molecule is Cc1cc(CNC(=O)Nc2ccc(C(C)(C)C)cc2)nc(N2CCOCC2)n1. The van der Waals surface area contributed by atoms with Crippen molar-refractivity contribution in [1.29, 1.82) is 0 Å². The maximum Gasteiger partial charge on any atom is 0.319 e. The number of nitrogens with one attached hydrogen (secondary N) is 2. The van der Waals surface area contributed by atoms with Gasteiger partial charge in [-0.1, -0.05) is 32.9 Å². The normalized spacial score (nSPS) is 14.6. The molecular weight excluding hydrogens is 354 g/mol. The van der Waals surface area contributed by atoms with Crippen molar-refractivity contribution < 1.29 is 9.53 Å². The van der Waals surface area contributed by atoms with Crippen molar-refractivity contribution in [2.45, 2.75) is 39.7 Å². The molecule has 0 bridgehead atoms. The number of aromatic nitrogens is 2. The van der Waals surface area contributed by atoms with Crippen molar-refractivity contribution in [3.63, 3.8) is 0 Å². The molecule has 1 saturated heterocycles. The molecule has 0 radical (unpaired) electrons. The van der Waals surface area contributed by atoms with Gasteiger partial charge in [0.1, 0.15) is 0 Å². The number of rotatable bonds is 4. The quantitative estimate of drug-likeness (QED) is 0.847. The van der Waals surface area contributed by atoms with E-state index in [1.807, 2.05) is 37.3 Å². The topological polar surface area (TPSA) is 79.4 Å². The van der Waals surface area contributed by atoms with Gasteiger partial charge in [-0.3, -0.25) is 0 Å². The van der Waals surface area contributed by atoms with Gasteiger partial charge < -0.3 is 20.3 Å². The van der Waals surface area contributed by atoms with E-state index in [1.165, 1.54) is 5.56 Å². The Morgan fingerprint density at radius 2 is 1.82 bits per heavy atom. The van der Waals surface area contributed by atoms with Gasteiger partial charge in [0, 0.05) is 24.5 Å². The summed E-state index contributed by atoms with van der Waals surface area (Å²) in [4.78, 5) is 23.5. The zero-order valence-electron chi connectivity index (χ0n) is 17.1. The van der Waals surface area contributed by atoms with Crippen LogP contribution in [-0.2, 0) is 16.7 Å². The summed E-state index contributed by atoms with van der Waals surface area (Å²) in [7, 11) is 0. The lowest BCUT2D eigenvalue weighted by Gasteiger charge is -2.27. The van der Waals surface area contributed by atoms with E-state index in [9.17, 15) is 4.79 Å². The molecule has 0 spiro atoms. The second kappa shape index (κ2) is 8.56. The van der Waals surface area contributed by atoms with Gasteiger partial charge in [0.15, 0.2) is 0 Å². The second-order valence-electron chi connectivity index (χ2n) is 8.04. The Bertz CT molecular complexity index is 809. The molecule has 2 heterocycles. The highest BCUT2D eigenvalue weighted by Crippen LogP contribution is 2.23. The predicted octanol–water partition coefficient (Wildman–Crippen LogP) is 3.24. The number of urea groups is 1. The van der Waals surface area contributed by atoms with Crippen LogP contribution in [0.15, 0.2) is 30.3 Å². The molecule has 1 fully saturated rings. The van der Waals surface area contributed by atoms with E-state index >= 15 is 0 Å². The third-order valence-electron chi connectivity index (χ3n) is 4.63. The zero-order valence-corrected chi connectivity index (χ0v) is 17.1. The first-order valence-electron chi connectivity index (χ1n) is 9.64. The minimum atomic E-state index is -0.257. The summed E-state index contributed by atoms with van der Waals surface area (Å²) in [6.45, 7) is 11.7. The van der Waals surface area contributed by atoms with E-state index < -0.39 is 0 Å². The van der Waals surface area contributed by atoms with E-state index in [4.69, 9.17) is 4.74 Å². The van der Waals surface area contributed by atoms with Gasteiger partial charge >= 0.3 is 6.03 Å². The number of carbonyl (C=O) groups is 1. The molecule has 28 heavy (non-hydrogen) atoms. The van der Waals surface area contributed by atoms with Crippen molar-refractivity contribution in [2.75, 3.05) is 36.5 Å². The number of carbonyl (C=O) groups excluding carboxylic acids is 1. The molecule has 1 aromatic carbocycles. The van der Waals surface area contributed by atoms with E-state index in [1.54, 1.807) is 0 Å². The number of anilines is 2. The van der Waals surface area contributed by atoms with Crippen LogP contribution in [0.5, 0.6) is 0 Å². The van der Waals surface area contributed by atoms with Crippen LogP contribution in [0.25, 0.3) is 0 Å². The minimum absolute atomic E-state index is 0.0872. The van der Waals surface area contributed by atoms with Crippen molar-refractivity contribution in [3.05, 3.63) is 47.3 Å². The molecular formula is C21H29N5O2. The van der Waals surface area contributed by atoms with Gasteiger partial charge in [0.25, 0.3) is 0 Å². The third-order valence-corrected chi connectivity index (χ3v) is 4.63. The van der Waals surface area contributed by atoms with Crippen LogP contribution in [0.1, 0.15) is 37.7 Å². The summed E-state index contributed by atoms with van der Waals surface area (Å²) in [5, 5.41) is 5.73. The number of nitrogens with zero attached hydrogens (tertiary/aromatic N) is 3. The second-order valence-corrected chi connectivity index (χ2v) is 8.04. The molecule has 2 aromatic rings. The highest BCUT2D eigenvalue weighted by atomic mass is 16.5. The lowest BCUT2D eigenvalue weighted by atomic mass is 9.87. The molecule has 2 amide bonds. The Balaban J connectivity index is 1.57. The largest absolute Gasteiger partial charge is 0.378 e. The maximum absolute atomic E-state index is 12.2. The number of morpholine rings is 1. The fraction of sp³-hybridized carbons (Fsp3) is 0.476. The third kappa shape index (κ3) is 5.42. The number of hydrogen-bond donors (Lipinski definition) is 2. The molecule has 0 unspecified atom stereocenters. The average molecular weight is 383 g/mol. The molecule has 1 aromatic heterocycles. The van der Waals surface area contributed by atoms with Gasteiger partial charge in [-0.15, -0.1) is 0 Å². The lowest BCUT2D eigenvalue weighted by Crippen LogP contribution is -2.37. The molecule has 7 heteroatoms. The molecule has 3 rings (SSSR count). The first kappa shape index (κ1) is 20.1. The summed E-state index contributed by atoms with van der Waals surface area (Å²) in [6, 6.07) is 9.56. The Morgan fingerprint density at radius 3 is 2.46 bits per heavy atom. The number of ether oxygens (including phenoxy) is 1. The van der Waals surface area contributed by atoms with Crippen LogP contribution in [-0.4, -0.2) is 42.3 Å². The Morgan fingerprint density at radius 1 is 1.14 bits per heavy atom. The van der Waals surface area contributed by atoms with Crippen LogP contribution in [0, 0.1) is 6.92 Å². The molecule has 2 N–H and O–H groups in total. The Hall–Kier alpha value is -2.67. The first-order valence-corrected chi connectivity index (χ1v) is 9.64. The van der Waals surface area contributed by atoms with Crippen molar-refractivity contribution in [1.82, 2.24) is 15.3 Å². The van der Waals surface area contributed by atoms with E-state index in [-0.39, 0.29) is 11.4 Å². The summed E-state index contributed by atoms with van der Waals surface area (Å²) in [5.74, 6) is 0.693. The highest BCUT2D eigenvalue weighted by Gasteiger charge is 2.16. The number of aryl methyl sites for hydroxylation is 1. The standard InChI is InChI=1S/C21H29N5O2/c1-15-13-18(24-19(23-15)26-9-11-28-12-10-26)14-22-20(27)25-17-7-5-16(6-8-17)21(2,3)4/h5-8,13H,9-12,14H2,1-4H3,(H2,22,25,27). The van der Waals surface area contributed by atoms with Gasteiger partial charge in [0.05, 0.1) is 25.5 Å². The predicted molar refractivity (Wildman–Crippen MR) is 111 cm³/mol. The first-order chi connectivity index (χ1) is 13.3. The lowest BCUT2D eigenvalue weighted by molar-refractivity contribution is 0.122. The van der Waals surface area contributed by atoms with Gasteiger partial charge in [-0.05, 0) is 36.1 Å². The van der Waals surface area contributed by atoms with Crippen LogP contribution in [0.4, 0.5) is 16.4 Å². The monoisotopic (exact) mass is 383 g/mol. The van der Waals surface area contributed by atoms with Gasteiger partial charge in [-0.25, -0.2) is 14.8 Å². The number of hydrogen-bond acceptors (Lipinski definition) is 5. The summed E-state index contributed by atoms with van der Waals surface area (Å²) in [5.41, 5.74) is 3.74. The fourth-order valence-electron chi connectivity index (χ4n) is 3.01. The minimum Gasteiger partial charge on any atom is -0.378 e. The fourth-order valence-corrected chi connectivity index (χ4v) is 3.01. The van der Waals surface area contributed by atoms with Crippen LogP contribution >= 0.6 is 0 Å². The van der Waals surface area contributed by atoms with Crippen LogP contribution in [0.2, 0.25) is 0 Å². The average Bonchev–Trinajstić information content (AvgIpc) is 2.66. The van der Waals surface area contributed by atoms with E-state index in [0.29, 0.717) is 25.7 Å². The summed E-state index contributed by atoms with van der Waals surface area (Å²) in [6.07, 6.45) is 0.